The Kier molecular flexibility index (Phi) is 4.18. The average Bonchev–Trinajstić information content (AvgIpc) is 3.02. The standard InChI is InChI=1S/C16H12ClFN2S/c17-13-5-6-19-10-15(13)20-9-11-3-4-14(18)12(8-11)16-2-1-7-21-16/h1-8,10,20H,9H2. The van der Waals surface area contributed by atoms with Crippen molar-refractivity contribution in [3.63, 3.8) is 0 Å². The number of halogens is 2. The number of benzene rings is 1. The molecule has 0 bridgehead atoms. The van der Waals surface area contributed by atoms with E-state index in [4.69, 9.17) is 11.6 Å². The van der Waals surface area contributed by atoms with E-state index in [0.717, 1.165) is 16.1 Å². The lowest BCUT2D eigenvalue weighted by molar-refractivity contribution is 0.631. The van der Waals surface area contributed by atoms with Gasteiger partial charge in [-0.25, -0.2) is 4.39 Å². The summed E-state index contributed by atoms with van der Waals surface area (Å²) in [5.74, 6) is -0.208. The highest BCUT2D eigenvalue weighted by Gasteiger charge is 2.07. The third-order valence-electron chi connectivity index (χ3n) is 3.07. The second-order valence-corrected chi connectivity index (χ2v) is 5.86. The van der Waals surface area contributed by atoms with Gasteiger partial charge in [0.1, 0.15) is 5.82 Å². The highest BCUT2D eigenvalue weighted by molar-refractivity contribution is 7.13. The van der Waals surface area contributed by atoms with E-state index in [1.54, 1.807) is 24.5 Å². The maximum Gasteiger partial charge on any atom is 0.131 e. The Labute approximate surface area is 131 Å². The van der Waals surface area contributed by atoms with Crippen LogP contribution >= 0.6 is 22.9 Å². The first-order valence-corrected chi connectivity index (χ1v) is 7.65. The van der Waals surface area contributed by atoms with Crippen molar-refractivity contribution in [2.24, 2.45) is 0 Å². The zero-order valence-electron chi connectivity index (χ0n) is 11.0. The highest BCUT2D eigenvalue weighted by atomic mass is 35.5. The molecule has 2 aromatic heterocycles. The van der Waals surface area contributed by atoms with Crippen molar-refractivity contribution in [1.82, 2.24) is 4.98 Å². The van der Waals surface area contributed by atoms with Crippen molar-refractivity contribution in [2.45, 2.75) is 6.54 Å². The predicted octanol–water partition coefficient (Wildman–Crippen LogP) is 5.21. The van der Waals surface area contributed by atoms with Crippen LogP contribution in [0.15, 0.2) is 54.2 Å². The van der Waals surface area contributed by atoms with Crippen LogP contribution in [-0.2, 0) is 6.54 Å². The Morgan fingerprint density at radius 1 is 1.24 bits per heavy atom. The predicted molar refractivity (Wildman–Crippen MR) is 86.3 cm³/mol. The van der Waals surface area contributed by atoms with Crippen molar-refractivity contribution in [1.29, 1.82) is 0 Å². The summed E-state index contributed by atoms with van der Waals surface area (Å²) in [5.41, 5.74) is 2.38. The Hall–Kier alpha value is -1.91. The van der Waals surface area contributed by atoms with Gasteiger partial charge in [0, 0.05) is 23.2 Å². The summed E-state index contributed by atoms with van der Waals surface area (Å²) in [6.45, 7) is 0.560. The van der Waals surface area contributed by atoms with Crippen LogP contribution in [0.2, 0.25) is 5.02 Å². The molecular weight excluding hydrogens is 307 g/mol. The molecule has 0 unspecified atom stereocenters. The van der Waals surface area contributed by atoms with Crippen LogP contribution in [0.25, 0.3) is 10.4 Å². The third kappa shape index (κ3) is 3.23. The zero-order chi connectivity index (χ0) is 14.7. The van der Waals surface area contributed by atoms with Crippen LogP contribution < -0.4 is 5.32 Å². The number of aromatic nitrogens is 1. The highest BCUT2D eigenvalue weighted by Crippen LogP contribution is 2.28. The molecule has 0 aliphatic carbocycles. The molecule has 2 heterocycles. The molecule has 0 spiro atoms. The quantitative estimate of drug-likeness (QED) is 0.714. The average molecular weight is 319 g/mol. The van der Waals surface area contributed by atoms with Crippen molar-refractivity contribution >= 4 is 28.6 Å². The van der Waals surface area contributed by atoms with Crippen molar-refractivity contribution in [2.75, 3.05) is 5.32 Å². The summed E-state index contributed by atoms with van der Waals surface area (Å²) >= 11 is 7.59. The van der Waals surface area contributed by atoms with Gasteiger partial charge in [-0.15, -0.1) is 11.3 Å². The van der Waals surface area contributed by atoms with Crippen LogP contribution in [0, 0.1) is 5.82 Å². The number of thiophene rings is 1. The summed E-state index contributed by atoms with van der Waals surface area (Å²) in [7, 11) is 0. The van der Waals surface area contributed by atoms with Gasteiger partial charge in [-0.1, -0.05) is 23.7 Å². The number of nitrogens with one attached hydrogen (secondary N) is 1. The summed E-state index contributed by atoms with van der Waals surface area (Å²) in [4.78, 5) is 4.95. The Morgan fingerprint density at radius 3 is 2.90 bits per heavy atom. The summed E-state index contributed by atoms with van der Waals surface area (Å²) < 4.78 is 13.9. The van der Waals surface area contributed by atoms with Crippen molar-refractivity contribution in [3.05, 3.63) is 70.6 Å². The van der Waals surface area contributed by atoms with E-state index in [2.05, 4.69) is 10.3 Å². The van der Waals surface area contributed by atoms with E-state index in [0.29, 0.717) is 17.1 Å². The van der Waals surface area contributed by atoms with E-state index < -0.39 is 0 Å². The van der Waals surface area contributed by atoms with E-state index in [9.17, 15) is 4.39 Å². The summed E-state index contributed by atoms with van der Waals surface area (Å²) in [6, 6.07) is 10.7. The van der Waals surface area contributed by atoms with Gasteiger partial charge in [0.25, 0.3) is 0 Å². The van der Waals surface area contributed by atoms with Crippen LogP contribution in [0.3, 0.4) is 0 Å². The van der Waals surface area contributed by atoms with Crippen molar-refractivity contribution < 1.29 is 4.39 Å². The Bertz CT molecular complexity index is 744. The van der Waals surface area contributed by atoms with Gasteiger partial charge in [-0.2, -0.15) is 0 Å². The molecule has 106 valence electrons. The lowest BCUT2D eigenvalue weighted by Crippen LogP contribution is -2.01. The number of rotatable bonds is 4. The zero-order valence-corrected chi connectivity index (χ0v) is 12.6. The number of hydrogen-bond acceptors (Lipinski definition) is 3. The smallest absolute Gasteiger partial charge is 0.131 e. The topological polar surface area (TPSA) is 24.9 Å². The largest absolute Gasteiger partial charge is 0.379 e. The molecule has 3 rings (SSSR count). The van der Waals surface area contributed by atoms with Crippen LogP contribution in [0.5, 0.6) is 0 Å². The van der Waals surface area contributed by atoms with Crippen molar-refractivity contribution in [3.8, 4) is 10.4 Å². The minimum atomic E-state index is -0.208. The van der Waals surface area contributed by atoms with Gasteiger partial charge in [0.05, 0.1) is 16.9 Å². The lowest BCUT2D eigenvalue weighted by Gasteiger charge is -2.09. The molecule has 0 saturated heterocycles. The number of hydrogen-bond donors (Lipinski definition) is 1. The van der Waals surface area contributed by atoms with Gasteiger partial charge in [-0.3, -0.25) is 4.98 Å². The molecule has 5 heteroatoms. The number of pyridine rings is 1. The first kappa shape index (κ1) is 14.0. The Balaban J connectivity index is 1.81. The molecule has 1 N–H and O–H groups in total. The summed E-state index contributed by atoms with van der Waals surface area (Å²) in [6.07, 6.45) is 3.31. The molecular formula is C16H12ClFN2S. The first-order chi connectivity index (χ1) is 10.2. The molecule has 0 fully saturated rings. The van der Waals surface area contributed by atoms with Gasteiger partial charge in [0.15, 0.2) is 0 Å². The molecule has 2 nitrogen and oxygen atoms in total. The second-order valence-electron chi connectivity index (χ2n) is 4.50. The minimum Gasteiger partial charge on any atom is -0.379 e. The molecule has 0 amide bonds. The molecule has 0 saturated carbocycles. The van der Waals surface area contributed by atoms with Gasteiger partial charge in [0.2, 0.25) is 0 Å². The van der Waals surface area contributed by atoms with Gasteiger partial charge < -0.3 is 5.32 Å². The molecule has 0 radical (unpaired) electrons. The SMILES string of the molecule is Fc1ccc(CNc2cnccc2Cl)cc1-c1cccs1. The maximum atomic E-state index is 13.9. The third-order valence-corrected chi connectivity index (χ3v) is 4.30. The fraction of sp³-hybridized carbons (Fsp3) is 0.0625. The van der Waals surface area contributed by atoms with Crippen LogP contribution in [-0.4, -0.2) is 4.98 Å². The first-order valence-electron chi connectivity index (χ1n) is 6.40. The normalized spacial score (nSPS) is 10.6. The molecule has 0 atom stereocenters. The molecule has 0 aliphatic rings. The second kappa shape index (κ2) is 6.24. The van der Waals surface area contributed by atoms with Crippen LogP contribution in [0.4, 0.5) is 10.1 Å². The summed E-state index contributed by atoms with van der Waals surface area (Å²) in [5, 5.41) is 5.76. The Morgan fingerprint density at radius 2 is 2.14 bits per heavy atom. The molecule has 1 aromatic carbocycles. The molecule has 0 aliphatic heterocycles. The lowest BCUT2D eigenvalue weighted by atomic mass is 10.1. The van der Waals surface area contributed by atoms with Crippen LogP contribution in [0.1, 0.15) is 5.56 Å². The fourth-order valence-corrected chi connectivity index (χ4v) is 2.92. The van der Waals surface area contributed by atoms with E-state index in [1.165, 1.54) is 17.4 Å². The number of nitrogens with zero attached hydrogens (tertiary/aromatic N) is 1. The minimum absolute atomic E-state index is 0.208. The molecule has 3 aromatic rings. The molecule has 21 heavy (non-hydrogen) atoms. The van der Waals surface area contributed by atoms with E-state index >= 15 is 0 Å². The van der Waals surface area contributed by atoms with Gasteiger partial charge >= 0.3 is 0 Å². The fourth-order valence-electron chi connectivity index (χ4n) is 2.01. The maximum absolute atomic E-state index is 13.9. The number of anilines is 1. The van der Waals surface area contributed by atoms with E-state index in [1.807, 2.05) is 23.6 Å². The monoisotopic (exact) mass is 318 g/mol. The van der Waals surface area contributed by atoms with Gasteiger partial charge in [-0.05, 0) is 35.2 Å². The van der Waals surface area contributed by atoms with E-state index in [-0.39, 0.29) is 5.82 Å².